The van der Waals surface area contributed by atoms with Crippen molar-refractivity contribution in [3.63, 3.8) is 0 Å². The van der Waals surface area contributed by atoms with E-state index in [0.717, 1.165) is 18.4 Å². The highest BCUT2D eigenvalue weighted by molar-refractivity contribution is 7.89. The Hall–Kier alpha value is -0.910. The van der Waals surface area contributed by atoms with E-state index in [2.05, 4.69) is 17.0 Å². The minimum Gasteiger partial charge on any atom is -0.316 e. The lowest BCUT2D eigenvalue weighted by Crippen LogP contribution is -2.30. The zero-order valence-corrected chi connectivity index (χ0v) is 11.7. The van der Waals surface area contributed by atoms with Gasteiger partial charge in [-0.05, 0) is 36.9 Å². The fraction of sp³-hybridized carbons (Fsp3) is 0.538. The second kappa shape index (κ2) is 4.99. The maximum Gasteiger partial charge on any atom is 0.240 e. The van der Waals surface area contributed by atoms with Gasteiger partial charge < -0.3 is 5.32 Å². The van der Waals surface area contributed by atoms with E-state index >= 15 is 0 Å². The van der Waals surface area contributed by atoms with Gasteiger partial charge in [0.2, 0.25) is 10.0 Å². The minimum absolute atomic E-state index is 0.172. The van der Waals surface area contributed by atoms with Gasteiger partial charge in [-0.15, -0.1) is 0 Å². The van der Waals surface area contributed by atoms with Crippen LogP contribution < -0.4 is 10.0 Å². The van der Waals surface area contributed by atoms with E-state index in [1.54, 1.807) is 12.1 Å². The number of benzene rings is 1. The zero-order chi connectivity index (χ0) is 13.2. The molecule has 0 spiro atoms. The molecule has 1 aromatic rings. The van der Waals surface area contributed by atoms with Gasteiger partial charge in [-0.25, -0.2) is 13.1 Å². The molecule has 5 heteroatoms. The van der Waals surface area contributed by atoms with Crippen molar-refractivity contribution in [2.24, 2.45) is 5.41 Å². The summed E-state index contributed by atoms with van der Waals surface area (Å²) in [5, 5.41) is 2.99. The van der Waals surface area contributed by atoms with Crippen molar-refractivity contribution >= 4 is 10.0 Å². The van der Waals surface area contributed by atoms with E-state index < -0.39 is 10.0 Å². The van der Waals surface area contributed by atoms with Crippen LogP contribution in [0.1, 0.15) is 25.3 Å². The Kier molecular flexibility index (Phi) is 3.75. The van der Waals surface area contributed by atoms with Crippen LogP contribution in [0.25, 0.3) is 0 Å². The molecule has 0 aliphatic heterocycles. The van der Waals surface area contributed by atoms with Crippen LogP contribution in [0.3, 0.4) is 0 Å². The van der Waals surface area contributed by atoms with Crippen LogP contribution in [0.4, 0.5) is 0 Å². The molecular weight excluding hydrogens is 248 g/mol. The van der Waals surface area contributed by atoms with Gasteiger partial charge in [0.15, 0.2) is 0 Å². The standard InChI is InChI=1S/C13H20N2O2S/c1-13(7-8-13)10-15-18(16,17)12-6-4-3-5-11(12)9-14-2/h3-6,14-15H,7-10H2,1-2H3. The monoisotopic (exact) mass is 268 g/mol. The number of sulfonamides is 1. The van der Waals surface area contributed by atoms with Crippen molar-refractivity contribution in [1.29, 1.82) is 0 Å². The Balaban J connectivity index is 2.17. The van der Waals surface area contributed by atoms with Crippen molar-refractivity contribution in [3.05, 3.63) is 29.8 Å². The molecule has 0 bridgehead atoms. The van der Waals surface area contributed by atoms with E-state index in [-0.39, 0.29) is 5.41 Å². The summed E-state index contributed by atoms with van der Waals surface area (Å²) in [5.74, 6) is 0. The zero-order valence-electron chi connectivity index (χ0n) is 10.9. The van der Waals surface area contributed by atoms with Gasteiger partial charge in [0.05, 0.1) is 4.90 Å². The third kappa shape index (κ3) is 3.10. The van der Waals surface area contributed by atoms with Gasteiger partial charge in [-0.2, -0.15) is 0 Å². The van der Waals surface area contributed by atoms with Gasteiger partial charge in [0.25, 0.3) is 0 Å². The van der Waals surface area contributed by atoms with Crippen LogP contribution in [0, 0.1) is 5.41 Å². The summed E-state index contributed by atoms with van der Waals surface area (Å²) in [5.41, 5.74) is 0.971. The van der Waals surface area contributed by atoms with E-state index in [4.69, 9.17) is 0 Å². The van der Waals surface area contributed by atoms with Crippen LogP contribution in [0.5, 0.6) is 0 Å². The molecule has 0 heterocycles. The highest BCUT2D eigenvalue weighted by Crippen LogP contribution is 2.44. The number of hydrogen-bond acceptors (Lipinski definition) is 3. The normalized spacial score (nSPS) is 17.7. The highest BCUT2D eigenvalue weighted by Gasteiger charge is 2.38. The van der Waals surface area contributed by atoms with Crippen molar-refractivity contribution in [2.75, 3.05) is 13.6 Å². The third-order valence-electron chi connectivity index (χ3n) is 3.42. The van der Waals surface area contributed by atoms with Crippen molar-refractivity contribution in [3.8, 4) is 0 Å². The van der Waals surface area contributed by atoms with Gasteiger partial charge in [0, 0.05) is 13.1 Å². The number of rotatable bonds is 6. The minimum atomic E-state index is -3.40. The quantitative estimate of drug-likeness (QED) is 0.821. The van der Waals surface area contributed by atoms with E-state index in [1.165, 1.54) is 0 Å². The van der Waals surface area contributed by atoms with E-state index in [0.29, 0.717) is 18.0 Å². The Labute approximate surface area is 109 Å². The molecule has 0 saturated heterocycles. The molecule has 1 fully saturated rings. The average molecular weight is 268 g/mol. The smallest absolute Gasteiger partial charge is 0.240 e. The SMILES string of the molecule is CNCc1ccccc1S(=O)(=O)NCC1(C)CC1. The first kappa shape index (κ1) is 13.5. The summed E-state index contributed by atoms with van der Waals surface area (Å²) in [6.45, 7) is 3.19. The molecule has 2 rings (SSSR count). The molecule has 0 radical (unpaired) electrons. The van der Waals surface area contributed by atoms with Crippen molar-refractivity contribution < 1.29 is 8.42 Å². The Morgan fingerprint density at radius 2 is 1.94 bits per heavy atom. The summed E-state index contributed by atoms with van der Waals surface area (Å²) < 4.78 is 27.2. The van der Waals surface area contributed by atoms with Gasteiger partial charge in [-0.1, -0.05) is 25.1 Å². The summed E-state index contributed by atoms with van der Waals surface area (Å²) in [7, 11) is -1.59. The molecule has 100 valence electrons. The molecule has 1 aliphatic carbocycles. The average Bonchev–Trinajstić information content (AvgIpc) is 3.07. The lowest BCUT2D eigenvalue weighted by Gasteiger charge is -2.13. The molecule has 1 saturated carbocycles. The predicted octanol–water partition coefficient (Wildman–Crippen LogP) is 1.48. The summed E-state index contributed by atoms with van der Waals surface area (Å²) in [6.07, 6.45) is 2.21. The van der Waals surface area contributed by atoms with Gasteiger partial charge >= 0.3 is 0 Å². The van der Waals surface area contributed by atoms with Gasteiger partial charge in [-0.3, -0.25) is 0 Å². The lowest BCUT2D eigenvalue weighted by molar-refractivity contribution is 0.529. The second-order valence-corrected chi connectivity index (χ2v) is 7.01. The van der Waals surface area contributed by atoms with Crippen LogP contribution in [0.2, 0.25) is 0 Å². The summed E-state index contributed by atoms with van der Waals surface area (Å²) in [4.78, 5) is 0.378. The van der Waals surface area contributed by atoms with Crippen LogP contribution in [0.15, 0.2) is 29.2 Å². The molecule has 18 heavy (non-hydrogen) atoms. The summed E-state index contributed by atoms with van der Waals surface area (Å²) >= 11 is 0. The third-order valence-corrected chi connectivity index (χ3v) is 4.92. The first-order valence-electron chi connectivity index (χ1n) is 6.19. The van der Waals surface area contributed by atoms with Crippen LogP contribution in [-0.2, 0) is 16.6 Å². The highest BCUT2D eigenvalue weighted by atomic mass is 32.2. The number of hydrogen-bond donors (Lipinski definition) is 2. The Morgan fingerprint density at radius 3 is 2.56 bits per heavy atom. The second-order valence-electron chi connectivity index (χ2n) is 5.27. The molecule has 2 N–H and O–H groups in total. The van der Waals surface area contributed by atoms with Crippen LogP contribution in [-0.4, -0.2) is 22.0 Å². The Morgan fingerprint density at radius 1 is 1.28 bits per heavy atom. The first-order chi connectivity index (χ1) is 8.47. The molecule has 0 atom stereocenters. The largest absolute Gasteiger partial charge is 0.316 e. The molecule has 0 amide bonds. The molecular formula is C13H20N2O2S. The maximum absolute atomic E-state index is 12.3. The van der Waals surface area contributed by atoms with Crippen molar-refractivity contribution in [2.45, 2.75) is 31.2 Å². The topological polar surface area (TPSA) is 58.2 Å². The maximum atomic E-state index is 12.3. The fourth-order valence-corrected chi connectivity index (χ4v) is 3.28. The first-order valence-corrected chi connectivity index (χ1v) is 7.67. The van der Waals surface area contributed by atoms with E-state index in [1.807, 2.05) is 19.2 Å². The van der Waals surface area contributed by atoms with E-state index in [9.17, 15) is 8.42 Å². The Bertz CT molecular complexity index is 522. The molecule has 0 unspecified atom stereocenters. The fourth-order valence-electron chi connectivity index (χ4n) is 1.84. The van der Waals surface area contributed by atoms with Crippen LogP contribution >= 0.6 is 0 Å². The molecule has 0 aromatic heterocycles. The summed E-state index contributed by atoms with van der Waals surface area (Å²) in [6, 6.07) is 7.11. The number of nitrogens with one attached hydrogen (secondary N) is 2. The van der Waals surface area contributed by atoms with Gasteiger partial charge in [0.1, 0.15) is 0 Å². The lowest BCUT2D eigenvalue weighted by atomic mass is 10.2. The molecule has 1 aromatic carbocycles. The molecule has 1 aliphatic rings. The van der Waals surface area contributed by atoms with Crippen molar-refractivity contribution in [1.82, 2.24) is 10.0 Å². The predicted molar refractivity (Wildman–Crippen MR) is 71.7 cm³/mol. The molecule has 4 nitrogen and oxygen atoms in total.